The van der Waals surface area contributed by atoms with E-state index in [2.05, 4.69) is 0 Å². The van der Waals surface area contributed by atoms with Crippen LogP contribution in [0, 0.1) is 0 Å². The first kappa shape index (κ1) is 19.7. The number of para-hydroxylation sites is 2. The van der Waals surface area contributed by atoms with E-state index in [1.165, 1.54) is 0 Å². The summed E-state index contributed by atoms with van der Waals surface area (Å²) in [4.78, 5) is 28.5. The van der Waals surface area contributed by atoms with E-state index in [4.69, 9.17) is 0 Å². The highest BCUT2D eigenvalue weighted by atomic mass is 16.2. The fourth-order valence-corrected chi connectivity index (χ4v) is 3.04. The van der Waals surface area contributed by atoms with Gasteiger partial charge in [0.15, 0.2) is 0 Å². The molecule has 0 aliphatic heterocycles. The van der Waals surface area contributed by atoms with Crippen molar-refractivity contribution in [3.8, 4) is 0 Å². The average Bonchev–Trinajstić information content (AvgIpc) is 2.68. The van der Waals surface area contributed by atoms with Gasteiger partial charge in [-0.25, -0.2) is 0 Å². The quantitative estimate of drug-likeness (QED) is 0.616. The minimum absolute atomic E-state index is 0.113. The molecule has 4 nitrogen and oxygen atoms in total. The minimum atomic E-state index is 0.113. The van der Waals surface area contributed by atoms with Crippen molar-refractivity contribution in [1.29, 1.82) is 0 Å². The van der Waals surface area contributed by atoms with E-state index in [0.29, 0.717) is 25.9 Å². The van der Waals surface area contributed by atoms with Crippen molar-refractivity contribution in [2.24, 2.45) is 0 Å². The highest BCUT2D eigenvalue weighted by Crippen LogP contribution is 2.17. The van der Waals surface area contributed by atoms with Gasteiger partial charge in [-0.1, -0.05) is 36.4 Å². The molecule has 2 aromatic carbocycles. The molecule has 2 amide bonds. The van der Waals surface area contributed by atoms with Crippen molar-refractivity contribution in [2.75, 3.05) is 22.9 Å². The number of carbonyl (C=O) groups excluding carboxylic acids is 2. The zero-order valence-electron chi connectivity index (χ0n) is 15.7. The Balaban J connectivity index is 1.80. The molecule has 0 saturated carbocycles. The molecule has 0 N–H and O–H groups in total. The summed E-state index contributed by atoms with van der Waals surface area (Å²) in [5.74, 6) is 0.225. The van der Waals surface area contributed by atoms with E-state index in [1.54, 1.807) is 9.80 Å². The van der Waals surface area contributed by atoms with Gasteiger partial charge in [-0.15, -0.1) is 0 Å². The van der Waals surface area contributed by atoms with E-state index in [9.17, 15) is 9.59 Å². The molecule has 0 aliphatic carbocycles. The lowest BCUT2D eigenvalue weighted by molar-refractivity contribution is -0.120. The summed E-state index contributed by atoms with van der Waals surface area (Å²) in [5, 5.41) is 0. The molecule has 2 rings (SSSR count). The maximum Gasteiger partial charge on any atom is 0.226 e. The second-order valence-electron chi connectivity index (χ2n) is 6.15. The first-order valence-corrected chi connectivity index (χ1v) is 9.38. The first-order valence-electron chi connectivity index (χ1n) is 9.38. The fourth-order valence-electron chi connectivity index (χ4n) is 3.04. The average molecular weight is 352 g/mol. The van der Waals surface area contributed by atoms with Gasteiger partial charge in [0, 0.05) is 37.3 Å². The largest absolute Gasteiger partial charge is 0.313 e. The first-order chi connectivity index (χ1) is 12.7. The van der Waals surface area contributed by atoms with Crippen molar-refractivity contribution < 1.29 is 9.59 Å². The summed E-state index contributed by atoms with van der Waals surface area (Å²) in [6.07, 6.45) is 2.38. The van der Waals surface area contributed by atoms with Crippen LogP contribution in [0.3, 0.4) is 0 Å². The minimum Gasteiger partial charge on any atom is -0.313 e. The second-order valence-corrected chi connectivity index (χ2v) is 6.15. The van der Waals surface area contributed by atoms with Crippen LogP contribution in [0.25, 0.3) is 0 Å². The third-order valence-corrected chi connectivity index (χ3v) is 4.40. The number of anilines is 2. The van der Waals surface area contributed by atoms with Crippen molar-refractivity contribution in [2.45, 2.75) is 39.5 Å². The zero-order chi connectivity index (χ0) is 18.8. The molecule has 4 heteroatoms. The lowest BCUT2D eigenvalue weighted by Crippen LogP contribution is -2.31. The van der Waals surface area contributed by atoms with Crippen LogP contribution >= 0.6 is 0 Å². The zero-order valence-corrected chi connectivity index (χ0v) is 15.7. The molecular formula is C22H28N2O2. The Bertz CT molecular complexity index is 624. The van der Waals surface area contributed by atoms with Crippen LogP contribution in [-0.4, -0.2) is 24.9 Å². The van der Waals surface area contributed by atoms with E-state index in [-0.39, 0.29) is 11.8 Å². The Morgan fingerprint density at radius 1 is 0.654 bits per heavy atom. The number of hydrogen-bond acceptors (Lipinski definition) is 2. The summed E-state index contributed by atoms with van der Waals surface area (Å²) >= 11 is 0. The SMILES string of the molecule is CCN(C(=O)CCCCC(=O)N(CC)c1ccccc1)c1ccccc1. The molecule has 138 valence electrons. The van der Waals surface area contributed by atoms with Crippen LogP contribution < -0.4 is 9.80 Å². The molecule has 0 unspecified atom stereocenters. The predicted molar refractivity (Wildman–Crippen MR) is 107 cm³/mol. The number of nitrogens with zero attached hydrogens (tertiary/aromatic N) is 2. The molecule has 0 bridgehead atoms. The number of hydrogen-bond donors (Lipinski definition) is 0. The third-order valence-electron chi connectivity index (χ3n) is 4.40. The lowest BCUT2D eigenvalue weighted by atomic mass is 10.1. The molecule has 0 radical (unpaired) electrons. The van der Waals surface area contributed by atoms with Gasteiger partial charge in [0.2, 0.25) is 11.8 Å². The smallest absolute Gasteiger partial charge is 0.226 e. The number of unbranched alkanes of at least 4 members (excludes halogenated alkanes) is 1. The van der Waals surface area contributed by atoms with Crippen LogP contribution in [0.4, 0.5) is 11.4 Å². The molecule has 0 spiro atoms. The Labute approximate surface area is 156 Å². The lowest BCUT2D eigenvalue weighted by Gasteiger charge is -2.22. The van der Waals surface area contributed by atoms with Gasteiger partial charge in [0.05, 0.1) is 0 Å². The van der Waals surface area contributed by atoms with Crippen LogP contribution in [0.1, 0.15) is 39.5 Å². The molecule has 0 aromatic heterocycles. The number of carbonyl (C=O) groups is 2. The van der Waals surface area contributed by atoms with Gasteiger partial charge < -0.3 is 9.80 Å². The van der Waals surface area contributed by atoms with Crippen LogP contribution in [0.15, 0.2) is 60.7 Å². The van der Waals surface area contributed by atoms with Gasteiger partial charge in [-0.05, 0) is 51.0 Å². The number of benzene rings is 2. The van der Waals surface area contributed by atoms with E-state index in [0.717, 1.165) is 24.2 Å². The topological polar surface area (TPSA) is 40.6 Å². The summed E-state index contributed by atoms with van der Waals surface area (Å²) in [6, 6.07) is 19.4. The van der Waals surface area contributed by atoms with Crippen molar-refractivity contribution in [3.05, 3.63) is 60.7 Å². The summed E-state index contributed by atoms with van der Waals surface area (Å²) < 4.78 is 0. The van der Waals surface area contributed by atoms with Gasteiger partial charge >= 0.3 is 0 Å². The molecule has 26 heavy (non-hydrogen) atoms. The molecule has 0 heterocycles. The fraction of sp³-hybridized carbons (Fsp3) is 0.364. The van der Waals surface area contributed by atoms with Gasteiger partial charge in [0.25, 0.3) is 0 Å². The molecule has 0 saturated heterocycles. The molecule has 2 aromatic rings. The maximum absolute atomic E-state index is 12.5. The summed E-state index contributed by atoms with van der Waals surface area (Å²) in [5.41, 5.74) is 1.86. The second kappa shape index (κ2) is 10.4. The van der Waals surface area contributed by atoms with E-state index >= 15 is 0 Å². The normalized spacial score (nSPS) is 10.4. The Hall–Kier alpha value is -2.62. The van der Waals surface area contributed by atoms with Crippen molar-refractivity contribution in [1.82, 2.24) is 0 Å². The predicted octanol–water partition coefficient (Wildman–Crippen LogP) is 4.65. The standard InChI is InChI=1S/C22H28N2O2/c1-3-23(19-13-7-5-8-14-19)21(25)17-11-12-18-22(26)24(4-2)20-15-9-6-10-16-20/h5-10,13-16H,3-4,11-12,17-18H2,1-2H3. The maximum atomic E-state index is 12.5. The van der Waals surface area contributed by atoms with Gasteiger partial charge in [0.1, 0.15) is 0 Å². The van der Waals surface area contributed by atoms with Gasteiger partial charge in [-0.2, -0.15) is 0 Å². The highest BCUT2D eigenvalue weighted by Gasteiger charge is 2.15. The van der Waals surface area contributed by atoms with Crippen LogP contribution in [-0.2, 0) is 9.59 Å². The van der Waals surface area contributed by atoms with Crippen molar-refractivity contribution in [3.63, 3.8) is 0 Å². The van der Waals surface area contributed by atoms with Crippen molar-refractivity contribution >= 4 is 23.2 Å². The van der Waals surface area contributed by atoms with Crippen LogP contribution in [0.2, 0.25) is 0 Å². The monoisotopic (exact) mass is 352 g/mol. The van der Waals surface area contributed by atoms with E-state index < -0.39 is 0 Å². The Morgan fingerprint density at radius 3 is 1.31 bits per heavy atom. The summed E-state index contributed by atoms with van der Waals surface area (Å²) in [7, 11) is 0. The number of rotatable bonds is 9. The summed E-state index contributed by atoms with van der Waals surface area (Å²) in [6.45, 7) is 5.26. The molecule has 0 atom stereocenters. The third kappa shape index (κ3) is 5.45. The van der Waals surface area contributed by atoms with E-state index in [1.807, 2.05) is 74.5 Å². The Morgan fingerprint density at radius 2 is 1.00 bits per heavy atom. The molecular weight excluding hydrogens is 324 g/mol. The molecule has 0 aliphatic rings. The highest BCUT2D eigenvalue weighted by molar-refractivity contribution is 5.94. The Kier molecular flexibility index (Phi) is 7.87. The number of amides is 2. The van der Waals surface area contributed by atoms with Crippen LogP contribution in [0.5, 0.6) is 0 Å². The van der Waals surface area contributed by atoms with Gasteiger partial charge in [-0.3, -0.25) is 9.59 Å². The molecule has 0 fully saturated rings.